The predicted molar refractivity (Wildman–Crippen MR) is 84.6 cm³/mol. The second-order valence-electron chi connectivity index (χ2n) is 5.64. The van der Waals surface area contributed by atoms with Crippen LogP contribution in [0.25, 0.3) is 0 Å². The summed E-state index contributed by atoms with van der Waals surface area (Å²) in [5, 5.41) is 6.41. The van der Waals surface area contributed by atoms with Crippen LogP contribution in [-0.4, -0.2) is 25.1 Å². The minimum Gasteiger partial charge on any atom is -0.483 e. The van der Waals surface area contributed by atoms with Crippen molar-refractivity contribution in [2.45, 2.75) is 52.1 Å². The summed E-state index contributed by atoms with van der Waals surface area (Å²) in [7, 11) is 0. The van der Waals surface area contributed by atoms with Crippen LogP contribution in [0.5, 0.6) is 5.75 Å². The minimum absolute atomic E-state index is 0.0526. The average molecular weight is 290 g/mol. The lowest BCUT2D eigenvalue weighted by Gasteiger charge is -2.15. The third-order valence-corrected chi connectivity index (χ3v) is 4.06. The molecule has 2 atom stereocenters. The van der Waals surface area contributed by atoms with E-state index in [2.05, 4.69) is 30.5 Å². The quantitative estimate of drug-likeness (QED) is 0.811. The average Bonchev–Trinajstić information content (AvgIpc) is 2.89. The smallest absolute Gasteiger partial charge is 0.258 e. The molecule has 0 bridgehead atoms. The number of amides is 1. The van der Waals surface area contributed by atoms with Crippen LogP contribution in [0, 0.1) is 0 Å². The molecule has 116 valence electrons. The fourth-order valence-electron chi connectivity index (χ4n) is 2.78. The van der Waals surface area contributed by atoms with Crippen LogP contribution in [0.1, 0.15) is 50.8 Å². The van der Waals surface area contributed by atoms with Crippen LogP contribution in [0.4, 0.5) is 0 Å². The molecular formula is C17H26N2O2. The third-order valence-electron chi connectivity index (χ3n) is 4.06. The van der Waals surface area contributed by atoms with E-state index in [1.807, 2.05) is 19.1 Å². The van der Waals surface area contributed by atoms with Gasteiger partial charge in [0.25, 0.3) is 5.91 Å². The first-order valence-electron chi connectivity index (χ1n) is 7.93. The van der Waals surface area contributed by atoms with Gasteiger partial charge in [0.05, 0.1) is 0 Å². The molecule has 0 fully saturated rings. The van der Waals surface area contributed by atoms with Gasteiger partial charge in [-0.15, -0.1) is 0 Å². The van der Waals surface area contributed by atoms with Crippen LogP contribution >= 0.6 is 0 Å². The van der Waals surface area contributed by atoms with Crippen molar-refractivity contribution >= 4 is 5.91 Å². The summed E-state index contributed by atoms with van der Waals surface area (Å²) in [6, 6.07) is 6.74. The number of rotatable bonds is 7. The molecule has 1 amide bonds. The van der Waals surface area contributed by atoms with Gasteiger partial charge < -0.3 is 15.4 Å². The molecular weight excluding hydrogens is 264 g/mol. The summed E-state index contributed by atoms with van der Waals surface area (Å²) < 4.78 is 5.74. The van der Waals surface area contributed by atoms with E-state index in [0.717, 1.165) is 31.6 Å². The minimum atomic E-state index is -0.0526. The normalized spacial score (nSPS) is 18.1. The van der Waals surface area contributed by atoms with E-state index in [4.69, 9.17) is 4.74 Å². The molecule has 1 aliphatic carbocycles. The van der Waals surface area contributed by atoms with E-state index < -0.39 is 0 Å². The van der Waals surface area contributed by atoms with Crippen molar-refractivity contribution in [2.24, 2.45) is 0 Å². The number of nitrogens with one attached hydrogen (secondary N) is 2. The number of carbonyl (C=O) groups is 1. The van der Waals surface area contributed by atoms with Crippen molar-refractivity contribution in [1.82, 2.24) is 10.6 Å². The van der Waals surface area contributed by atoms with Gasteiger partial charge in [0, 0.05) is 12.1 Å². The predicted octanol–water partition coefficient (Wildman–Crippen LogP) is 2.58. The van der Waals surface area contributed by atoms with Crippen molar-refractivity contribution in [2.75, 3.05) is 13.2 Å². The first-order valence-corrected chi connectivity index (χ1v) is 7.93. The van der Waals surface area contributed by atoms with E-state index in [1.54, 1.807) is 0 Å². The highest BCUT2D eigenvalue weighted by atomic mass is 16.5. The monoisotopic (exact) mass is 290 g/mol. The summed E-state index contributed by atoms with van der Waals surface area (Å²) in [6.07, 6.45) is 3.04. The number of hydrogen-bond acceptors (Lipinski definition) is 3. The molecule has 1 aromatic carbocycles. The molecule has 1 aliphatic rings. The first-order chi connectivity index (χ1) is 10.2. The zero-order chi connectivity index (χ0) is 15.2. The summed E-state index contributed by atoms with van der Waals surface area (Å²) >= 11 is 0. The van der Waals surface area contributed by atoms with Gasteiger partial charge in [-0.05, 0) is 49.9 Å². The Bertz CT molecular complexity index is 488. The van der Waals surface area contributed by atoms with Gasteiger partial charge >= 0.3 is 0 Å². The lowest BCUT2D eigenvalue weighted by Crippen LogP contribution is -2.35. The van der Waals surface area contributed by atoms with E-state index >= 15 is 0 Å². The molecule has 4 heteroatoms. The maximum Gasteiger partial charge on any atom is 0.258 e. The SMILES string of the molecule is CCNC1CCc2c(OCC(=O)NC(C)CC)cccc21. The fraction of sp³-hybridized carbons (Fsp3) is 0.588. The molecule has 21 heavy (non-hydrogen) atoms. The molecule has 0 heterocycles. The zero-order valence-corrected chi connectivity index (χ0v) is 13.2. The van der Waals surface area contributed by atoms with Crippen LogP contribution in [0.15, 0.2) is 18.2 Å². The van der Waals surface area contributed by atoms with Crippen LogP contribution in [0.2, 0.25) is 0 Å². The molecule has 0 radical (unpaired) electrons. The van der Waals surface area contributed by atoms with Crippen LogP contribution in [0.3, 0.4) is 0 Å². The van der Waals surface area contributed by atoms with Gasteiger partial charge in [-0.3, -0.25) is 4.79 Å². The molecule has 2 rings (SSSR count). The van der Waals surface area contributed by atoms with Gasteiger partial charge in [0.1, 0.15) is 5.75 Å². The van der Waals surface area contributed by atoms with E-state index in [1.165, 1.54) is 11.1 Å². The molecule has 4 nitrogen and oxygen atoms in total. The Morgan fingerprint density at radius 2 is 2.24 bits per heavy atom. The van der Waals surface area contributed by atoms with Crippen molar-refractivity contribution in [3.05, 3.63) is 29.3 Å². The van der Waals surface area contributed by atoms with E-state index in [0.29, 0.717) is 6.04 Å². The molecule has 1 aromatic rings. The van der Waals surface area contributed by atoms with Gasteiger partial charge in [0.2, 0.25) is 0 Å². The molecule has 0 saturated carbocycles. The Labute approximate surface area is 127 Å². The maximum absolute atomic E-state index is 11.8. The number of carbonyl (C=O) groups excluding carboxylic acids is 1. The molecule has 2 N–H and O–H groups in total. The number of benzene rings is 1. The largest absolute Gasteiger partial charge is 0.483 e. The van der Waals surface area contributed by atoms with Gasteiger partial charge in [-0.2, -0.15) is 0 Å². The van der Waals surface area contributed by atoms with E-state index in [9.17, 15) is 4.79 Å². The van der Waals surface area contributed by atoms with Crippen molar-refractivity contribution < 1.29 is 9.53 Å². The van der Waals surface area contributed by atoms with Crippen LogP contribution in [-0.2, 0) is 11.2 Å². The first kappa shape index (κ1) is 15.8. The molecule has 2 unspecified atom stereocenters. The highest BCUT2D eigenvalue weighted by Crippen LogP contribution is 2.36. The number of ether oxygens (including phenoxy) is 1. The molecule has 0 aliphatic heterocycles. The summed E-state index contributed by atoms with van der Waals surface area (Å²) in [5.74, 6) is 0.801. The number of fused-ring (bicyclic) bond motifs is 1. The van der Waals surface area contributed by atoms with E-state index in [-0.39, 0.29) is 18.6 Å². The summed E-state index contributed by atoms with van der Waals surface area (Å²) in [4.78, 5) is 11.8. The van der Waals surface area contributed by atoms with Gasteiger partial charge in [-0.1, -0.05) is 26.0 Å². The Hall–Kier alpha value is -1.55. The topological polar surface area (TPSA) is 50.4 Å². The van der Waals surface area contributed by atoms with Crippen molar-refractivity contribution in [1.29, 1.82) is 0 Å². The number of hydrogen-bond donors (Lipinski definition) is 2. The highest BCUT2D eigenvalue weighted by Gasteiger charge is 2.24. The Kier molecular flexibility index (Phi) is 5.62. The van der Waals surface area contributed by atoms with Crippen molar-refractivity contribution in [3.8, 4) is 5.75 Å². The molecule has 0 spiro atoms. The summed E-state index contributed by atoms with van der Waals surface area (Å²) in [6.45, 7) is 7.23. The summed E-state index contributed by atoms with van der Waals surface area (Å²) in [5.41, 5.74) is 2.57. The Morgan fingerprint density at radius 3 is 2.95 bits per heavy atom. The lowest BCUT2D eigenvalue weighted by molar-refractivity contribution is -0.123. The maximum atomic E-state index is 11.8. The Morgan fingerprint density at radius 1 is 1.43 bits per heavy atom. The second-order valence-corrected chi connectivity index (χ2v) is 5.64. The zero-order valence-electron chi connectivity index (χ0n) is 13.2. The van der Waals surface area contributed by atoms with Gasteiger partial charge in [-0.25, -0.2) is 0 Å². The lowest BCUT2D eigenvalue weighted by atomic mass is 10.1. The second kappa shape index (κ2) is 7.46. The van der Waals surface area contributed by atoms with Crippen LogP contribution < -0.4 is 15.4 Å². The molecule has 0 aromatic heterocycles. The molecule has 0 saturated heterocycles. The van der Waals surface area contributed by atoms with Gasteiger partial charge in [0.15, 0.2) is 6.61 Å². The Balaban J connectivity index is 1.98. The third kappa shape index (κ3) is 3.97. The van der Waals surface area contributed by atoms with Crippen molar-refractivity contribution in [3.63, 3.8) is 0 Å². The standard InChI is InChI=1S/C17H26N2O2/c1-4-12(3)19-17(20)11-21-16-8-6-7-13-14(16)9-10-15(13)18-5-2/h6-8,12,15,18H,4-5,9-11H2,1-3H3,(H,19,20). The fourth-order valence-corrected chi connectivity index (χ4v) is 2.78. The highest BCUT2D eigenvalue weighted by molar-refractivity contribution is 5.77.